The van der Waals surface area contributed by atoms with Crippen LogP contribution >= 0.6 is 12.2 Å². The molecule has 114 valence electrons. The van der Waals surface area contributed by atoms with Crippen LogP contribution in [0.2, 0.25) is 0 Å². The van der Waals surface area contributed by atoms with Crippen molar-refractivity contribution < 1.29 is 4.79 Å². The van der Waals surface area contributed by atoms with Crippen LogP contribution in [0.1, 0.15) is 44.9 Å². The topological polar surface area (TPSA) is 56.4 Å². The van der Waals surface area contributed by atoms with Gasteiger partial charge in [-0.2, -0.15) is 0 Å². The molecular formula is C14H26N4OS. The Labute approximate surface area is 126 Å². The lowest BCUT2D eigenvalue weighted by molar-refractivity contribution is 0.219. The van der Waals surface area contributed by atoms with E-state index in [1.807, 2.05) is 7.05 Å². The number of carbonyl (C=O) groups is 1. The van der Waals surface area contributed by atoms with Gasteiger partial charge in [0.1, 0.15) is 0 Å². The summed E-state index contributed by atoms with van der Waals surface area (Å²) in [6.07, 6.45) is 7.96. The predicted molar refractivity (Wildman–Crippen MR) is 84.8 cm³/mol. The van der Waals surface area contributed by atoms with Crippen LogP contribution in [0.15, 0.2) is 0 Å². The molecule has 1 aliphatic carbocycles. The number of rotatable bonds is 2. The fraction of sp³-hybridized carbons (Fsp3) is 0.857. The summed E-state index contributed by atoms with van der Waals surface area (Å²) < 4.78 is 0. The molecule has 1 aliphatic heterocycles. The van der Waals surface area contributed by atoms with Crippen LogP contribution < -0.4 is 16.0 Å². The van der Waals surface area contributed by atoms with Crippen molar-refractivity contribution in [1.29, 1.82) is 0 Å². The number of hydrogen-bond acceptors (Lipinski definition) is 2. The van der Waals surface area contributed by atoms with Crippen LogP contribution in [0.5, 0.6) is 0 Å². The maximum atomic E-state index is 12.0. The molecule has 1 heterocycles. The summed E-state index contributed by atoms with van der Waals surface area (Å²) >= 11 is 5.22. The average Bonchev–Trinajstić information content (AvgIpc) is 2.48. The summed E-state index contributed by atoms with van der Waals surface area (Å²) in [4.78, 5) is 14.1. The van der Waals surface area contributed by atoms with Crippen molar-refractivity contribution in [3.8, 4) is 0 Å². The number of urea groups is 1. The first-order valence-corrected chi connectivity index (χ1v) is 8.13. The molecule has 0 bridgehead atoms. The zero-order valence-electron chi connectivity index (χ0n) is 12.3. The Hall–Kier alpha value is -1.04. The van der Waals surface area contributed by atoms with Crippen molar-refractivity contribution >= 4 is 23.4 Å². The Bertz CT molecular complexity index is 336. The minimum absolute atomic E-state index is 0.00606. The summed E-state index contributed by atoms with van der Waals surface area (Å²) in [5.41, 5.74) is 0. The van der Waals surface area contributed by atoms with Gasteiger partial charge in [-0.15, -0.1) is 0 Å². The first-order chi connectivity index (χ1) is 9.69. The standard InChI is InChI=1S/C14H26N4OS/c1-15-14(20)18-9-7-12(8-10-18)17-13(19)16-11-5-3-2-4-6-11/h11-12H,2-10H2,1H3,(H,15,20)(H2,16,17,19). The Morgan fingerprint density at radius 3 is 2.10 bits per heavy atom. The number of nitrogens with zero attached hydrogens (tertiary/aromatic N) is 1. The SMILES string of the molecule is CNC(=S)N1CCC(NC(=O)NC2CCCCC2)CC1. The van der Waals surface area contributed by atoms with Gasteiger partial charge >= 0.3 is 6.03 Å². The van der Waals surface area contributed by atoms with Crippen molar-refractivity contribution in [1.82, 2.24) is 20.9 Å². The number of nitrogens with one attached hydrogen (secondary N) is 3. The van der Waals surface area contributed by atoms with Gasteiger partial charge in [0.15, 0.2) is 5.11 Å². The van der Waals surface area contributed by atoms with Crippen LogP contribution in [0.25, 0.3) is 0 Å². The second-order valence-electron chi connectivity index (χ2n) is 5.77. The summed E-state index contributed by atoms with van der Waals surface area (Å²) in [6, 6.07) is 0.654. The van der Waals surface area contributed by atoms with Crippen molar-refractivity contribution in [3.63, 3.8) is 0 Å². The molecule has 2 fully saturated rings. The highest BCUT2D eigenvalue weighted by Crippen LogP contribution is 2.17. The second-order valence-corrected chi connectivity index (χ2v) is 6.16. The summed E-state index contributed by atoms with van der Waals surface area (Å²) in [5, 5.41) is 10.0. The van der Waals surface area contributed by atoms with Gasteiger partial charge in [-0.3, -0.25) is 0 Å². The second kappa shape index (κ2) is 7.67. The Morgan fingerprint density at radius 2 is 1.55 bits per heavy atom. The van der Waals surface area contributed by atoms with Gasteiger partial charge in [-0.05, 0) is 37.9 Å². The molecule has 0 aromatic heterocycles. The molecule has 0 spiro atoms. The fourth-order valence-electron chi connectivity index (χ4n) is 3.04. The molecule has 0 unspecified atom stereocenters. The summed E-state index contributed by atoms with van der Waals surface area (Å²) in [7, 11) is 1.85. The number of carbonyl (C=O) groups excluding carboxylic acids is 1. The number of likely N-dealkylation sites (tertiary alicyclic amines) is 1. The number of thiocarbonyl (C=S) groups is 1. The monoisotopic (exact) mass is 298 g/mol. The van der Waals surface area contributed by atoms with Crippen molar-refractivity contribution in [2.45, 2.75) is 57.0 Å². The molecule has 6 heteroatoms. The van der Waals surface area contributed by atoms with E-state index in [2.05, 4.69) is 20.9 Å². The number of piperidine rings is 1. The molecule has 1 saturated heterocycles. The van der Waals surface area contributed by atoms with Crippen molar-refractivity contribution in [3.05, 3.63) is 0 Å². The summed E-state index contributed by atoms with van der Waals surface area (Å²) in [6.45, 7) is 1.82. The maximum absolute atomic E-state index is 12.0. The highest BCUT2D eigenvalue weighted by atomic mass is 32.1. The van der Waals surface area contributed by atoms with Gasteiger partial charge in [0.25, 0.3) is 0 Å². The molecule has 1 saturated carbocycles. The van der Waals surface area contributed by atoms with Gasteiger partial charge in [0.2, 0.25) is 0 Å². The third-order valence-electron chi connectivity index (χ3n) is 4.27. The van der Waals surface area contributed by atoms with E-state index in [0.717, 1.165) is 43.9 Å². The van der Waals surface area contributed by atoms with Crippen molar-refractivity contribution in [2.75, 3.05) is 20.1 Å². The lowest BCUT2D eigenvalue weighted by Crippen LogP contribution is -2.52. The van der Waals surface area contributed by atoms with E-state index in [1.165, 1.54) is 19.3 Å². The van der Waals surface area contributed by atoms with Gasteiger partial charge in [0, 0.05) is 32.2 Å². The Kier molecular flexibility index (Phi) is 5.88. The molecule has 2 rings (SSSR count). The molecular weight excluding hydrogens is 272 g/mol. The number of hydrogen-bond donors (Lipinski definition) is 3. The quantitative estimate of drug-likeness (QED) is 0.678. The fourth-order valence-corrected chi connectivity index (χ4v) is 3.23. The Morgan fingerprint density at radius 1 is 1.00 bits per heavy atom. The molecule has 20 heavy (non-hydrogen) atoms. The van der Waals surface area contributed by atoms with Crippen LogP contribution in [0.4, 0.5) is 4.79 Å². The molecule has 3 N–H and O–H groups in total. The van der Waals surface area contributed by atoms with Gasteiger partial charge in [0.05, 0.1) is 0 Å². The highest BCUT2D eigenvalue weighted by molar-refractivity contribution is 7.80. The van der Waals surface area contributed by atoms with Crippen LogP contribution in [0, 0.1) is 0 Å². The third kappa shape index (κ3) is 4.51. The normalized spacial score (nSPS) is 21.4. The Balaban J connectivity index is 1.66. The smallest absolute Gasteiger partial charge is 0.315 e. The molecule has 2 amide bonds. The lowest BCUT2D eigenvalue weighted by atomic mass is 9.96. The third-order valence-corrected chi connectivity index (χ3v) is 4.73. The molecule has 0 radical (unpaired) electrons. The number of amides is 2. The van der Waals surface area contributed by atoms with E-state index < -0.39 is 0 Å². The molecule has 5 nitrogen and oxygen atoms in total. The zero-order valence-corrected chi connectivity index (χ0v) is 13.1. The van der Waals surface area contributed by atoms with E-state index in [-0.39, 0.29) is 12.1 Å². The minimum Gasteiger partial charge on any atom is -0.366 e. The average molecular weight is 298 g/mol. The zero-order chi connectivity index (χ0) is 14.4. The molecule has 0 atom stereocenters. The molecule has 2 aliphatic rings. The first kappa shape index (κ1) is 15.4. The van der Waals surface area contributed by atoms with E-state index in [1.54, 1.807) is 0 Å². The van der Waals surface area contributed by atoms with Gasteiger partial charge < -0.3 is 20.9 Å². The van der Waals surface area contributed by atoms with E-state index >= 15 is 0 Å². The van der Waals surface area contributed by atoms with E-state index in [4.69, 9.17) is 12.2 Å². The predicted octanol–water partition coefficient (Wildman–Crippen LogP) is 1.59. The summed E-state index contributed by atoms with van der Waals surface area (Å²) in [5.74, 6) is 0. The van der Waals surface area contributed by atoms with E-state index in [0.29, 0.717) is 6.04 Å². The maximum Gasteiger partial charge on any atom is 0.315 e. The highest BCUT2D eigenvalue weighted by Gasteiger charge is 2.23. The van der Waals surface area contributed by atoms with Crippen LogP contribution in [0.3, 0.4) is 0 Å². The largest absolute Gasteiger partial charge is 0.366 e. The lowest BCUT2D eigenvalue weighted by Gasteiger charge is -2.34. The van der Waals surface area contributed by atoms with Gasteiger partial charge in [-0.25, -0.2) is 4.79 Å². The molecule has 0 aromatic carbocycles. The van der Waals surface area contributed by atoms with Gasteiger partial charge in [-0.1, -0.05) is 19.3 Å². The van der Waals surface area contributed by atoms with Crippen molar-refractivity contribution in [2.24, 2.45) is 0 Å². The minimum atomic E-state index is 0.00606. The first-order valence-electron chi connectivity index (χ1n) is 7.72. The van der Waals surface area contributed by atoms with E-state index in [9.17, 15) is 4.79 Å². The van der Waals surface area contributed by atoms with Crippen LogP contribution in [-0.4, -0.2) is 48.3 Å². The van der Waals surface area contributed by atoms with Crippen LogP contribution in [-0.2, 0) is 0 Å². The molecule has 0 aromatic rings.